The number of rotatable bonds is 10. The first-order valence-corrected chi connectivity index (χ1v) is 8.41. The molecule has 5 N–H and O–H groups in total. The van der Waals surface area contributed by atoms with Crippen LogP contribution in [-0.4, -0.2) is 46.8 Å². The van der Waals surface area contributed by atoms with Crippen LogP contribution in [0.1, 0.15) is 40.5 Å². The molecule has 0 rings (SSSR count). The van der Waals surface area contributed by atoms with Crippen LogP contribution < -0.4 is 16.4 Å². The summed E-state index contributed by atoms with van der Waals surface area (Å²) in [6, 6.07) is -2.62. The Kier molecular flexibility index (Phi) is 9.90. The fourth-order valence-corrected chi connectivity index (χ4v) is 2.31. The van der Waals surface area contributed by atoms with E-state index in [0.29, 0.717) is 12.8 Å². The zero-order valence-electron chi connectivity index (χ0n) is 14.2. The van der Waals surface area contributed by atoms with Crippen LogP contribution in [0.15, 0.2) is 0 Å². The first kappa shape index (κ1) is 21.7. The molecule has 0 aromatic rings. The van der Waals surface area contributed by atoms with Gasteiger partial charge in [-0.1, -0.05) is 27.7 Å². The van der Waals surface area contributed by atoms with Gasteiger partial charge >= 0.3 is 5.97 Å². The minimum absolute atomic E-state index is 0.0555. The van der Waals surface area contributed by atoms with Crippen LogP contribution in [0.25, 0.3) is 0 Å². The number of carbonyl (C=O) groups is 3. The van der Waals surface area contributed by atoms with Crippen LogP contribution in [0.2, 0.25) is 0 Å². The van der Waals surface area contributed by atoms with Gasteiger partial charge in [0.05, 0.1) is 6.04 Å². The van der Waals surface area contributed by atoms with E-state index in [4.69, 9.17) is 10.8 Å². The van der Waals surface area contributed by atoms with Crippen LogP contribution in [0.5, 0.6) is 0 Å². The molecular weight excluding hydrogens is 318 g/mol. The maximum atomic E-state index is 12.2. The first-order valence-electron chi connectivity index (χ1n) is 7.78. The Balaban J connectivity index is 4.72. The number of hydrogen-bond donors (Lipinski definition) is 5. The van der Waals surface area contributed by atoms with Gasteiger partial charge in [-0.15, -0.1) is 0 Å². The van der Waals surface area contributed by atoms with Crippen LogP contribution in [-0.2, 0) is 14.4 Å². The Morgan fingerprint density at radius 3 is 1.83 bits per heavy atom. The van der Waals surface area contributed by atoms with Crippen molar-refractivity contribution in [3.8, 4) is 0 Å². The summed E-state index contributed by atoms with van der Waals surface area (Å²) in [7, 11) is 0. The molecule has 7 nitrogen and oxygen atoms in total. The van der Waals surface area contributed by atoms with Gasteiger partial charge < -0.3 is 21.5 Å². The number of amides is 2. The summed E-state index contributed by atoms with van der Waals surface area (Å²) >= 11 is 4.05. The van der Waals surface area contributed by atoms with Crippen molar-refractivity contribution in [3.63, 3.8) is 0 Å². The highest BCUT2D eigenvalue weighted by atomic mass is 32.1. The molecule has 0 radical (unpaired) electrons. The number of carbonyl (C=O) groups excluding carboxylic acids is 2. The van der Waals surface area contributed by atoms with E-state index >= 15 is 0 Å². The monoisotopic (exact) mass is 347 g/mol. The molecule has 0 aliphatic heterocycles. The average Bonchev–Trinajstić information content (AvgIpc) is 2.41. The van der Waals surface area contributed by atoms with Gasteiger partial charge in [0, 0.05) is 5.75 Å². The molecule has 0 unspecified atom stereocenters. The van der Waals surface area contributed by atoms with Crippen LogP contribution in [0, 0.1) is 11.8 Å². The molecule has 0 aliphatic carbocycles. The molecule has 0 spiro atoms. The molecule has 0 saturated heterocycles. The quantitative estimate of drug-likeness (QED) is 0.366. The van der Waals surface area contributed by atoms with Crippen molar-refractivity contribution in [2.24, 2.45) is 17.6 Å². The van der Waals surface area contributed by atoms with Crippen molar-refractivity contribution in [2.45, 2.75) is 58.7 Å². The zero-order valence-corrected chi connectivity index (χ0v) is 15.1. The zero-order chi connectivity index (χ0) is 18.2. The summed E-state index contributed by atoms with van der Waals surface area (Å²) in [6.45, 7) is 7.62. The smallest absolute Gasteiger partial charge is 0.326 e. The van der Waals surface area contributed by atoms with E-state index in [2.05, 4.69) is 23.3 Å². The summed E-state index contributed by atoms with van der Waals surface area (Å²) in [5.41, 5.74) is 5.77. The predicted molar refractivity (Wildman–Crippen MR) is 92.2 cm³/mol. The van der Waals surface area contributed by atoms with E-state index in [-0.39, 0.29) is 17.6 Å². The van der Waals surface area contributed by atoms with Gasteiger partial charge in [0.25, 0.3) is 0 Å². The average molecular weight is 347 g/mol. The molecule has 134 valence electrons. The fourth-order valence-electron chi connectivity index (χ4n) is 2.05. The third kappa shape index (κ3) is 8.80. The molecule has 23 heavy (non-hydrogen) atoms. The third-order valence-corrected chi connectivity index (χ3v) is 3.56. The lowest BCUT2D eigenvalue weighted by Gasteiger charge is -2.22. The lowest BCUT2D eigenvalue weighted by Crippen LogP contribution is -2.55. The topological polar surface area (TPSA) is 122 Å². The Hall–Kier alpha value is -1.28. The summed E-state index contributed by atoms with van der Waals surface area (Å²) in [5, 5.41) is 14.1. The molecule has 2 amide bonds. The lowest BCUT2D eigenvalue weighted by atomic mass is 10.0. The van der Waals surface area contributed by atoms with Crippen LogP contribution in [0.3, 0.4) is 0 Å². The summed E-state index contributed by atoms with van der Waals surface area (Å²) < 4.78 is 0. The van der Waals surface area contributed by atoms with E-state index in [9.17, 15) is 14.4 Å². The molecule has 0 aromatic carbocycles. The predicted octanol–water partition coefficient (Wildman–Crippen LogP) is 0.390. The van der Waals surface area contributed by atoms with E-state index in [1.165, 1.54) is 0 Å². The molecule has 3 atom stereocenters. The molecule has 0 aliphatic rings. The van der Waals surface area contributed by atoms with E-state index in [0.717, 1.165) is 0 Å². The molecule has 0 saturated carbocycles. The summed E-state index contributed by atoms with van der Waals surface area (Å²) in [6.07, 6.45) is 0.805. The first-order chi connectivity index (χ1) is 10.6. The minimum Gasteiger partial charge on any atom is -0.480 e. The Morgan fingerprint density at radius 2 is 1.43 bits per heavy atom. The van der Waals surface area contributed by atoms with E-state index in [1.807, 2.05) is 27.7 Å². The maximum Gasteiger partial charge on any atom is 0.326 e. The van der Waals surface area contributed by atoms with E-state index in [1.54, 1.807) is 0 Å². The third-order valence-electron chi connectivity index (χ3n) is 3.20. The van der Waals surface area contributed by atoms with Gasteiger partial charge in [-0.2, -0.15) is 12.6 Å². The second-order valence-electron chi connectivity index (χ2n) is 6.51. The molecule has 0 heterocycles. The highest BCUT2D eigenvalue weighted by molar-refractivity contribution is 7.80. The number of nitrogens with two attached hydrogens (primary N) is 1. The standard InChI is InChI=1S/C15H29N3O4S/c1-8(2)5-10(16)13(19)18-12(7-23)14(20)17-11(15(21)22)6-9(3)4/h8-12,23H,5-7,16H2,1-4H3,(H,17,20)(H,18,19)(H,21,22)/t10-,11-,12-/m0/s1. The molecule has 0 aromatic heterocycles. The molecule has 8 heteroatoms. The van der Waals surface area contributed by atoms with Gasteiger partial charge in [0.15, 0.2) is 0 Å². The summed E-state index contributed by atoms with van der Waals surface area (Å²) in [5.74, 6) is -1.70. The van der Waals surface area contributed by atoms with Crippen LogP contribution >= 0.6 is 12.6 Å². The largest absolute Gasteiger partial charge is 0.480 e. The number of carboxylic acids is 1. The Morgan fingerprint density at radius 1 is 0.957 bits per heavy atom. The molecule has 0 bridgehead atoms. The highest BCUT2D eigenvalue weighted by Gasteiger charge is 2.27. The van der Waals surface area contributed by atoms with Crippen molar-refractivity contribution in [1.29, 1.82) is 0 Å². The Labute approximate surface area is 143 Å². The maximum absolute atomic E-state index is 12.2. The fraction of sp³-hybridized carbons (Fsp3) is 0.800. The highest BCUT2D eigenvalue weighted by Crippen LogP contribution is 2.06. The van der Waals surface area contributed by atoms with Crippen molar-refractivity contribution in [1.82, 2.24) is 10.6 Å². The van der Waals surface area contributed by atoms with Gasteiger partial charge in [0.1, 0.15) is 12.1 Å². The SMILES string of the molecule is CC(C)C[C@H](NC(=O)[C@H](CS)NC(=O)[C@@H](N)CC(C)C)C(=O)O. The number of nitrogens with one attached hydrogen (secondary N) is 2. The molecule has 0 fully saturated rings. The van der Waals surface area contributed by atoms with Gasteiger partial charge in [-0.05, 0) is 24.7 Å². The van der Waals surface area contributed by atoms with Crippen molar-refractivity contribution < 1.29 is 19.5 Å². The number of hydrogen-bond acceptors (Lipinski definition) is 5. The van der Waals surface area contributed by atoms with Gasteiger partial charge in [0.2, 0.25) is 11.8 Å². The Bertz CT molecular complexity index is 416. The lowest BCUT2D eigenvalue weighted by molar-refractivity contribution is -0.142. The number of thiol groups is 1. The normalized spacial score (nSPS) is 15.1. The second kappa shape index (κ2) is 10.5. The summed E-state index contributed by atoms with van der Waals surface area (Å²) in [4.78, 5) is 35.3. The van der Waals surface area contributed by atoms with Crippen molar-refractivity contribution in [3.05, 3.63) is 0 Å². The van der Waals surface area contributed by atoms with Gasteiger partial charge in [-0.25, -0.2) is 4.79 Å². The van der Waals surface area contributed by atoms with E-state index < -0.39 is 35.9 Å². The second-order valence-corrected chi connectivity index (χ2v) is 6.87. The molecular formula is C15H29N3O4S. The number of aliphatic carboxylic acids is 1. The van der Waals surface area contributed by atoms with Crippen molar-refractivity contribution in [2.75, 3.05) is 5.75 Å². The van der Waals surface area contributed by atoms with Crippen LogP contribution in [0.4, 0.5) is 0 Å². The van der Waals surface area contributed by atoms with Crippen molar-refractivity contribution >= 4 is 30.4 Å². The minimum atomic E-state index is -1.10. The van der Waals surface area contributed by atoms with Gasteiger partial charge in [-0.3, -0.25) is 9.59 Å². The number of carboxylic acid groups (broad SMARTS) is 1.